The summed E-state index contributed by atoms with van der Waals surface area (Å²) in [6.07, 6.45) is 0.696. The van der Waals surface area contributed by atoms with E-state index >= 15 is 0 Å². The number of hydrogen-bond acceptors (Lipinski definition) is 4. The van der Waals surface area contributed by atoms with E-state index in [2.05, 4.69) is 15.4 Å². The number of para-hydroxylation sites is 3. The molecule has 7 nitrogen and oxygen atoms in total. The number of ether oxygens (including phenoxy) is 1. The molecule has 2 aromatic carbocycles. The van der Waals surface area contributed by atoms with Gasteiger partial charge in [0.15, 0.2) is 0 Å². The van der Waals surface area contributed by atoms with E-state index in [1.54, 1.807) is 17.0 Å². The Labute approximate surface area is 173 Å². The Morgan fingerprint density at radius 2 is 1.67 bits per heavy atom. The molecule has 1 fully saturated rings. The highest BCUT2D eigenvalue weighted by molar-refractivity contribution is 5.92. The smallest absolute Gasteiger partial charge is 0.387 e. The zero-order valence-electron chi connectivity index (χ0n) is 16.4. The van der Waals surface area contributed by atoms with Crippen molar-refractivity contribution in [3.05, 3.63) is 54.6 Å². The molecule has 2 aromatic rings. The number of hydrogen-bond donors (Lipinski definition) is 2. The van der Waals surface area contributed by atoms with Crippen LogP contribution in [0, 0.1) is 0 Å². The lowest BCUT2D eigenvalue weighted by Crippen LogP contribution is -2.39. The average molecular weight is 418 g/mol. The van der Waals surface area contributed by atoms with Crippen molar-refractivity contribution < 1.29 is 23.1 Å². The Morgan fingerprint density at radius 1 is 0.933 bits per heavy atom. The molecule has 0 saturated carbocycles. The SMILES string of the molecule is O=C(CN1CCCN(C(=O)Nc2ccccc2OC(F)F)CC1)Nc1ccccc1. The van der Waals surface area contributed by atoms with E-state index in [1.165, 1.54) is 12.1 Å². The van der Waals surface area contributed by atoms with Crippen LogP contribution >= 0.6 is 0 Å². The Hall–Kier alpha value is -3.20. The fraction of sp³-hybridized carbons (Fsp3) is 0.333. The maximum Gasteiger partial charge on any atom is 0.387 e. The topological polar surface area (TPSA) is 73.9 Å². The van der Waals surface area contributed by atoms with Gasteiger partial charge in [-0.2, -0.15) is 8.78 Å². The molecule has 0 radical (unpaired) electrons. The molecule has 30 heavy (non-hydrogen) atoms. The average Bonchev–Trinajstić information content (AvgIpc) is 2.95. The molecule has 0 unspecified atom stereocenters. The third kappa shape index (κ3) is 6.41. The number of halogens is 2. The van der Waals surface area contributed by atoms with E-state index < -0.39 is 12.6 Å². The summed E-state index contributed by atoms with van der Waals surface area (Å²) in [5, 5.41) is 5.48. The van der Waals surface area contributed by atoms with Crippen LogP contribution in [-0.2, 0) is 4.79 Å². The number of benzene rings is 2. The standard InChI is InChI=1S/C21H24F2N4O3/c22-20(23)30-18-10-5-4-9-17(18)25-21(29)27-12-6-11-26(13-14-27)15-19(28)24-16-7-2-1-3-8-16/h1-5,7-10,20H,6,11-15H2,(H,24,28)(H,25,29). The molecule has 160 valence electrons. The predicted octanol–water partition coefficient (Wildman–Crippen LogP) is 3.47. The highest BCUT2D eigenvalue weighted by atomic mass is 19.3. The molecule has 3 rings (SSSR count). The molecule has 9 heteroatoms. The second-order valence-electron chi connectivity index (χ2n) is 6.84. The van der Waals surface area contributed by atoms with Crippen molar-refractivity contribution in [1.82, 2.24) is 9.80 Å². The Bertz CT molecular complexity index is 851. The molecule has 1 aliphatic heterocycles. The van der Waals surface area contributed by atoms with Crippen molar-refractivity contribution in [3.8, 4) is 5.75 Å². The van der Waals surface area contributed by atoms with Gasteiger partial charge in [0.1, 0.15) is 5.75 Å². The fourth-order valence-electron chi connectivity index (χ4n) is 3.22. The van der Waals surface area contributed by atoms with E-state index in [0.717, 1.165) is 5.69 Å². The first kappa shape index (κ1) is 21.5. The van der Waals surface area contributed by atoms with E-state index in [9.17, 15) is 18.4 Å². The summed E-state index contributed by atoms with van der Waals surface area (Å²) in [6.45, 7) is -0.614. The number of amides is 3. The molecule has 1 heterocycles. The second-order valence-corrected chi connectivity index (χ2v) is 6.84. The fourth-order valence-corrected chi connectivity index (χ4v) is 3.22. The van der Waals surface area contributed by atoms with Crippen molar-refractivity contribution >= 4 is 23.3 Å². The number of carbonyl (C=O) groups excluding carboxylic acids is 2. The first-order valence-electron chi connectivity index (χ1n) is 9.68. The van der Waals surface area contributed by atoms with Crippen molar-refractivity contribution in [3.63, 3.8) is 0 Å². The summed E-state index contributed by atoms with van der Waals surface area (Å²) in [4.78, 5) is 28.4. The lowest BCUT2D eigenvalue weighted by atomic mass is 10.3. The van der Waals surface area contributed by atoms with Gasteiger partial charge in [0.2, 0.25) is 5.91 Å². The molecule has 1 aliphatic rings. The van der Waals surface area contributed by atoms with Crippen LogP contribution in [0.4, 0.5) is 25.0 Å². The van der Waals surface area contributed by atoms with E-state index in [-0.39, 0.29) is 23.9 Å². The molecular formula is C21H24F2N4O3. The zero-order chi connectivity index (χ0) is 21.3. The Kier molecular flexibility index (Phi) is 7.56. The molecule has 1 saturated heterocycles. The van der Waals surface area contributed by atoms with Gasteiger partial charge in [-0.25, -0.2) is 4.79 Å². The van der Waals surface area contributed by atoms with E-state index in [0.29, 0.717) is 32.6 Å². The lowest BCUT2D eigenvalue weighted by molar-refractivity contribution is -0.117. The van der Waals surface area contributed by atoms with Crippen molar-refractivity contribution in [2.24, 2.45) is 0 Å². The highest BCUT2D eigenvalue weighted by Gasteiger charge is 2.21. The van der Waals surface area contributed by atoms with Crippen LogP contribution < -0.4 is 15.4 Å². The molecular weight excluding hydrogens is 394 g/mol. The molecule has 2 N–H and O–H groups in total. The van der Waals surface area contributed by atoms with Gasteiger partial charge in [-0.3, -0.25) is 9.69 Å². The number of nitrogens with zero attached hydrogens (tertiary/aromatic N) is 2. The number of nitrogens with one attached hydrogen (secondary N) is 2. The quantitative estimate of drug-likeness (QED) is 0.754. The van der Waals surface area contributed by atoms with Crippen LogP contribution in [-0.4, -0.2) is 61.1 Å². The monoisotopic (exact) mass is 418 g/mol. The van der Waals surface area contributed by atoms with Crippen molar-refractivity contribution in [2.75, 3.05) is 43.4 Å². The number of rotatable bonds is 6. The summed E-state index contributed by atoms with van der Waals surface area (Å²) in [6, 6.07) is 14.9. The van der Waals surface area contributed by atoms with Crippen LogP contribution in [0.15, 0.2) is 54.6 Å². The summed E-state index contributed by atoms with van der Waals surface area (Å²) < 4.78 is 29.5. The third-order valence-electron chi connectivity index (χ3n) is 4.65. The number of urea groups is 1. The number of anilines is 2. The summed E-state index contributed by atoms with van der Waals surface area (Å²) in [5.74, 6) is -0.202. The van der Waals surface area contributed by atoms with Gasteiger partial charge >= 0.3 is 12.6 Å². The Balaban J connectivity index is 1.51. The van der Waals surface area contributed by atoms with Crippen LogP contribution in [0.1, 0.15) is 6.42 Å². The van der Waals surface area contributed by atoms with Gasteiger partial charge in [0, 0.05) is 31.9 Å². The van der Waals surface area contributed by atoms with Crippen LogP contribution in [0.2, 0.25) is 0 Å². The maximum atomic E-state index is 12.6. The van der Waals surface area contributed by atoms with E-state index in [1.807, 2.05) is 35.2 Å². The zero-order valence-corrected chi connectivity index (χ0v) is 16.4. The summed E-state index contributed by atoms with van der Waals surface area (Å²) in [5.41, 5.74) is 0.925. The predicted molar refractivity (Wildman–Crippen MR) is 110 cm³/mol. The second kappa shape index (κ2) is 10.5. The summed E-state index contributed by atoms with van der Waals surface area (Å²) >= 11 is 0. The molecule has 3 amide bonds. The highest BCUT2D eigenvalue weighted by Crippen LogP contribution is 2.25. The molecule has 0 spiro atoms. The van der Waals surface area contributed by atoms with Gasteiger partial charge in [-0.1, -0.05) is 30.3 Å². The minimum absolute atomic E-state index is 0.0881. The largest absolute Gasteiger partial charge is 0.433 e. The van der Waals surface area contributed by atoms with Crippen molar-refractivity contribution in [1.29, 1.82) is 0 Å². The lowest BCUT2D eigenvalue weighted by Gasteiger charge is -2.22. The van der Waals surface area contributed by atoms with Gasteiger partial charge in [-0.15, -0.1) is 0 Å². The Morgan fingerprint density at radius 3 is 2.43 bits per heavy atom. The molecule has 0 aromatic heterocycles. The minimum atomic E-state index is -2.98. The van der Waals surface area contributed by atoms with Crippen LogP contribution in [0.3, 0.4) is 0 Å². The molecule has 0 aliphatic carbocycles. The molecule has 0 atom stereocenters. The molecule has 0 bridgehead atoms. The minimum Gasteiger partial charge on any atom is -0.433 e. The van der Waals surface area contributed by atoms with E-state index in [4.69, 9.17) is 0 Å². The number of alkyl halides is 2. The number of carbonyl (C=O) groups is 2. The third-order valence-corrected chi connectivity index (χ3v) is 4.65. The van der Waals surface area contributed by atoms with Gasteiger partial charge < -0.3 is 20.3 Å². The first-order valence-corrected chi connectivity index (χ1v) is 9.68. The van der Waals surface area contributed by atoms with Gasteiger partial charge in [0.25, 0.3) is 0 Å². The maximum absolute atomic E-state index is 12.6. The van der Waals surface area contributed by atoms with Gasteiger partial charge in [-0.05, 0) is 30.7 Å². The van der Waals surface area contributed by atoms with Crippen LogP contribution in [0.25, 0.3) is 0 Å². The van der Waals surface area contributed by atoms with Gasteiger partial charge in [0.05, 0.1) is 12.2 Å². The van der Waals surface area contributed by atoms with Crippen molar-refractivity contribution in [2.45, 2.75) is 13.0 Å². The first-order chi connectivity index (χ1) is 14.5. The summed E-state index contributed by atoms with van der Waals surface area (Å²) in [7, 11) is 0. The van der Waals surface area contributed by atoms with Crippen LogP contribution in [0.5, 0.6) is 5.75 Å². The normalized spacial score (nSPS) is 14.8.